The second kappa shape index (κ2) is 4.70. The van der Waals surface area contributed by atoms with Crippen LogP contribution in [0.2, 0.25) is 0 Å². The van der Waals surface area contributed by atoms with Gasteiger partial charge in [-0.05, 0) is 42.7 Å². The first-order valence-electron chi connectivity index (χ1n) is 6.43. The zero-order chi connectivity index (χ0) is 15.2. The highest BCUT2D eigenvalue weighted by molar-refractivity contribution is 7.92. The molecule has 7 heteroatoms. The van der Waals surface area contributed by atoms with Gasteiger partial charge in [0, 0.05) is 18.4 Å². The van der Waals surface area contributed by atoms with Crippen LogP contribution in [0.15, 0.2) is 35.5 Å². The molecular formula is C14H14FN3O2S. The van der Waals surface area contributed by atoms with E-state index in [-0.39, 0.29) is 6.54 Å². The van der Waals surface area contributed by atoms with Crippen LogP contribution in [0.25, 0.3) is 0 Å². The van der Waals surface area contributed by atoms with Gasteiger partial charge in [-0.1, -0.05) is 6.07 Å². The van der Waals surface area contributed by atoms with Gasteiger partial charge in [-0.2, -0.15) is 8.42 Å². The molecular weight excluding hydrogens is 293 g/mol. The Bertz CT molecular complexity index is 821. The Morgan fingerprint density at radius 1 is 1.38 bits per heavy atom. The predicted octanol–water partition coefficient (Wildman–Crippen LogP) is 1.86. The number of halogens is 1. The van der Waals surface area contributed by atoms with Gasteiger partial charge in [0.15, 0.2) is 5.82 Å². The van der Waals surface area contributed by atoms with Crippen molar-refractivity contribution in [3.05, 3.63) is 47.4 Å². The van der Waals surface area contributed by atoms with E-state index < -0.39 is 20.9 Å². The lowest BCUT2D eigenvalue weighted by molar-refractivity contribution is 0.551. The molecule has 1 aromatic carbocycles. The van der Waals surface area contributed by atoms with E-state index in [4.69, 9.17) is 5.73 Å². The Morgan fingerprint density at radius 2 is 2.14 bits per heavy atom. The van der Waals surface area contributed by atoms with Crippen molar-refractivity contribution in [2.75, 3.05) is 16.6 Å². The van der Waals surface area contributed by atoms with E-state index in [1.54, 1.807) is 6.07 Å². The molecule has 0 saturated heterocycles. The van der Waals surface area contributed by atoms with Crippen LogP contribution in [-0.2, 0) is 16.4 Å². The summed E-state index contributed by atoms with van der Waals surface area (Å²) in [5, 5.41) is -0.558. The average Bonchev–Trinajstić information content (AvgIpc) is 2.83. The Hall–Kier alpha value is -2.15. The SMILES string of the molecule is Cc1cc2c(cc1N)N(S(=O)(=O)c1ncccc1F)CC2. The number of hydrogen-bond acceptors (Lipinski definition) is 4. The molecule has 0 spiro atoms. The van der Waals surface area contributed by atoms with Crippen molar-refractivity contribution in [3.63, 3.8) is 0 Å². The maximum atomic E-state index is 13.8. The third kappa shape index (κ3) is 2.13. The van der Waals surface area contributed by atoms with Crippen LogP contribution in [0.3, 0.4) is 0 Å². The monoisotopic (exact) mass is 307 g/mol. The number of hydrogen-bond donors (Lipinski definition) is 1. The van der Waals surface area contributed by atoms with Gasteiger partial charge >= 0.3 is 0 Å². The quantitative estimate of drug-likeness (QED) is 0.859. The Morgan fingerprint density at radius 3 is 2.86 bits per heavy atom. The summed E-state index contributed by atoms with van der Waals surface area (Å²) in [5.41, 5.74) is 8.66. The Labute approximate surface area is 122 Å². The molecule has 2 aromatic rings. The first-order chi connectivity index (χ1) is 9.91. The number of benzene rings is 1. The molecule has 21 heavy (non-hydrogen) atoms. The number of nitrogen functional groups attached to an aromatic ring is 1. The van der Waals surface area contributed by atoms with Gasteiger partial charge in [0.05, 0.1) is 5.69 Å². The number of anilines is 2. The molecule has 1 aromatic heterocycles. The minimum Gasteiger partial charge on any atom is -0.398 e. The standard InChI is InChI=1S/C14H14FN3O2S/c1-9-7-10-4-6-18(13(10)8-12(9)16)21(19,20)14-11(15)3-2-5-17-14/h2-3,5,7-8H,4,6,16H2,1H3. The zero-order valence-corrected chi connectivity index (χ0v) is 12.2. The highest BCUT2D eigenvalue weighted by Crippen LogP contribution is 2.35. The molecule has 0 bridgehead atoms. The van der Waals surface area contributed by atoms with Gasteiger partial charge in [0.2, 0.25) is 5.03 Å². The molecule has 0 fully saturated rings. The van der Waals surface area contributed by atoms with Crippen molar-refractivity contribution in [2.24, 2.45) is 0 Å². The second-order valence-corrected chi connectivity index (χ2v) is 6.73. The first-order valence-corrected chi connectivity index (χ1v) is 7.87. The summed E-state index contributed by atoms with van der Waals surface area (Å²) in [5.74, 6) is -0.856. The molecule has 0 radical (unpaired) electrons. The number of nitrogens with two attached hydrogens (primary N) is 1. The lowest BCUT2D eigenvalue weighted by atomic mass is 10.1. The van der Waals surface area contributed by atoms with E-state index in [0.717, 1.165) is 17.2 Å². The molecule has 0 saturated carbocycles. The molecule has 0 aliphatic carbocycles. The van der Waals surface area contributed by atoms with Gasteiger partial charge in [-0.25, -0.2) is 9.37 Å². The molecule has 110 valence electrons. The molecule has 2 N–H and O–H groups in total. The summed E-state index contributed by atoms with van der Waals surface area (Å²) in [4.78, 5) is 3.67. The summed E-state index contributed by atoms with van der Waals surface area (Å²) < 4.78 is 40.1. The van der Waals surface area contributed by atoms with Gasteiger partial charge < -0.3 is 5.73 Å². The lowest BCUT2D eigenvalue weighted by Gasteiger charge is -2.19. The van der Waals surface area contributed by atoms with Crippen molar-refractivity contribution >= 4 is 21.4 Å². The first kappa shape index (κ1) is 13.8. The number of pyridine rings is 1. The smallest absolute Gasteiger partial charge is 0.284 e. The molecule has 0 amide bonds. The maximum absolute atomic E-state index is 13.8. The number of aryl methyl sites for hydroxylation is 1. The minimum absolute atomic E-state index is 0.260. The van der Waals surface area contributed by atoms with E-state index in [1.165, 1.54) is 16.6 Å². The third-order valence-corrected chi connectivity index (χ3v) is 5.33. The van der Waals surface area contributed by atoms with Crippen LogP contribution >= 0.6 is 0 Å². The highest BCUT2D eigenvalue weighted by atomic mass is 32.2. The molecule has 5 nitrogen and oxygen atoms in total. The van der Waals surface area contributed by atoms with Crippen LogP contribution in [0, 0.1) is 12.7 Å². The van der Waals surface area contributed by atoms with Crippen LogP contribution in [0.5, 0.6) is 0 Å². The van der Waals surface area contributed by atoms with Crippen molar-refractivity contribution < 1.29 is 12.8 Å². The average molecular weight is 307 g/mol. The van der Waals surface area contributed by atoms with Crippen molar-refractivity contribution in [2.45, 2.75) is 18.4 Å². The molecule has 1 aliphatic rings. The second-order valence-electron chi connectivity index (χ2n) is 4.96. The van der Waals surface area contributed by atoms with Crippen molar-refractivity contribution in [1.82, 2.24) is 4.98 Å². The molecule has 2 heterocycles. The fourth-order valence-electron chi connectivity index (χ4n) is 2.46. The summed E-state index contributed by atoms with van der Waals surface area (Å²) in [6, 6.07) is 5.93. The fourth-order valence-corrected chi connectivity index (χ4v) is 3.94. The summed E-state index contributed by atoms with van der Waals surface area (Å²) >= 11 is 0. The van der Waals surface area contributed by atoms with Gasteiger partial charge in [-0.15, -0.1) is 0 Å². The van der Waals surface area contributed by atoms with E-state index in [9.17, 15) is 12.8 Å². The number of fused-ring (bicyclic) bond motifs is 1. The summed E-state index contributed by atoms with van der Waals surface area (Å²) in [6.07, 6.45) is 1.83. The van der Waals surface area contributed by atoms with E-state index in [0.29, 0.717) is 17.8 Å². The summed E-state index contributed by atoms with van der Waals surface area (Å²) in [6.45, 7) is 2.13. The number of rotatable bonds is 2. The maximum Gasteiger partial charge on any atom is 0.284 e. The van der Waals surface area contributed by atoms with E-state index in [1.807, 2.05) is 13.0 Å². The highest BCUT2D eigenvalue weighted by Gasteiger charge is 2.34. The van der Waals surface area contributed by atoms with Crippen LogP contribution in [0.1, 0.15) is 11.1 Å². The lowest BCUT2D eigenvalue weighted by Crippen LogP contribution is -2.30. The number of sulfonamides is 1. The third-order valence-electron chi connectivity index (χ3n) is 3.58. The fraction of sp³-hybridized carbons (Fsp3) is 0.214. The molecule has 0 atom stereocenters. The van der Waals surface area contributed by atoms with Gasteiger partial charge in [-0.3, -0.25) is 4.31 Å². The van der Waals surface area contributed by atoms with Crippen LogP contribution in [0.4, 0.5) is 15.8 Å². The number of aromatic nitrogens is 1. The Balaban J connectivity index is 2.13. The van der Waals surface area contributed by atoms with E-state index >= 15 is 0 Å². The largest absolute Gasteiger partial charge is 0.398 e. The van der Waals surface area contributed by atoms with Crippen LogP contribution < -0.4 is 10.0 Å². The van der Waals surface area contributed by atoms with Crippen LogP contribution in [-0.4, -0.2) is 19.9 Å². The minimum atomic E-state index is -4.02. The molecule has 3 rings (SSSR count). The predicted molar refractivity (Wildman–Crippen MR) is 78.0 cm³/mol. The normalized spacial score (nSPS) is 14.3. The molecule has 0 unspecified atom stereocenters. The Kier molecular flexibility index (Phi) is 3.09. The molecule has 1 aliphatic heterocycles. The van der Waals surface area contributed by atoms with Gasteiger partial charge in [0.1, 0.15) is 0 Å². The number of nitrogens with zero attached hydrogens (tertiary/aromatic N) is 2. The zero-order valence-electron chi connectivity index (χ0n) is 11.4. The van der Waals surface area contributed by atoms with Gasteiger partial charge in [0.25, 0.3) is 10.0 Å². The van der Waals surface area contributed by atoms with Crippen molar-refractivity contribution in [3.8, 4) is 0 Å². The summed E-state index contributed by atoms with van der Waals surface area (Å²) in [7, 11) is -4.02. The van der Waals surface area contributed by atoms with Crippen molar-refractivity contribution in [1.29, 1.82) is 0 Å². The van der Waals surface area contributed by atoms with E-state index in [2.05, 4.69) is 4.98 Å². The topological polar surface area (TPSA) is 76.3 Å².